The van der Waals surface area contributed by atoms with Crippen LogP contribution in [0.25, 0.3) is 0 Å². The van der Waals surface area contributed by atoms with E-state index in [4.69, 9.17) is 4.74 Å². The maximum atomic E-state index is 12.9. The number of aliphatic hydroxyl groups excluding tert-OH is 1. The van der Waals surface area contributed by atoms with Crippen molar-refractivity contribution in [1.29, 1.82) is 0 Å². The summed E-state index contributed by atoms with van der Waals surface area (Å²) < 4.78 is 5.93. The Hall–Kier alpha value is -3.15. The highest BCUT2D eigenvalue weighted by Gasteiger charge is 2.29. The number of rotatable bonds is 11. The molecule has 5 nitrogen and oxygen atoms in total. The first-order valence-electron chi connectivity index (χ1n) is 13.1. The van der Waals surface area contributed by atoms with Crippen LogP contribution >= 0.6 is 0 Å². The van der Waals surface area contributed by atoms with Crippen LogP contribution in [0.15, 0.2) is 78.9 Å². The normalized spacial score (nSPS) is 18.1. The van der Waals surface area contributed by atoms with Gasteiger partial charge in [0.2, 0.25) is 0 Å². The largest absolute Gasteiger partial charge is 0.493 e. The van der Waals surface area contributed by atoms with E-state index in [9.17, 15) is 9.90 Å². The number of benzene rings is 3. The Morgan fingerprint density at radius 1 is 1.03 bits per heavy atom. The molecule has 1 amide bonds. The number of aliphatic hydroxyl groups is 1. The highest BCUT2D eigenvalue weighted by Crippen LogP contribution is 2.26. The van der Waals surface area contributed by atoms with Gasteiger partial charge in [-0.25, -0.2) is 0 Å². The Labute approximate surface area is 215 Å². The monoisotopic (exact) mass is 486 g/mol. The van der Waals surface area contributed by atoms with Crippen molar-refractivity contribution in [2.45, 2.75) is 57.2 Å². The first-order chi connectivity index (χ1) is 17.5. The third-order valence-electron chi connectivity index (χ3n) is 7.08. The molecule has 0 radical (unpaired) electrons. The molecular formula is C31H38N2O3. The van der Waals surface area contributed by atoms with Gasteiger partial charge >= 0.3 is 0 Å². The van der Waals surface area contributed by atoms with Crippen LogP contribution in [-0.4, -0.2) is 48.2 Å². The summed E-state index contributed by atoms with van der Waals surface area (Å²) in [4.78, 5) is 14.6. The summed E-state index contributed by atoms with van der Waals surface area (Å²) in [5.74, 6) is 0.961. The van der Waals surface area contributed by atoms with E-state index < -0.39 is 6.10 Å². The van der Waals surface area contributed by atoms with Crippen LogP contribution in [-0.2, 0) is 12.8 Å². The minimum Gasteiger partial charge on any atom is -0.493 e. The Balaban J connectivity index is 1.21. The summed E-state index contributed by atoms with van der Waals surface area (Å²) in [7, 11) is 1.84. The van der Waals surface area contributed by atoms with Crippen LogP contribution in [0.3, 0.4) is 0 Å². The maximum absolute atomic E-state index is 12.9. The average Bonchev–Trinajstić information content (AvgIpc) is 3.39. The number of aryl methyl sites for hydroxylation is 1. The van der Waals surface area contributed by atoms with Gasteiger partial charge in [-0.2, -0.15) is 0 Å². The molecule has 1 aliphatic heterocycles. The molecule has 190 valence electrons. The average molecular weight is 487 g/mol. The number of amides is 1. The number of nitrogens with one attached hydrogen (secondary N) is 1. The van der Waals surface area contributed by atoms with Gasteiger partial charge in [-0.15, -0.1) is 0 Å². The predicted molar refractivity (Wildman–Crippen MR) is 144 cm³/mol. The van der Waals surface area contributed by atoms with Gasteiger partial charge in [0.05, 0.1) is 12.7 Å². The molecule has 0 bridgehead atoms. The molecule has 0 saturated carbocycles. The van der Waals surface area contributed by atoms with Gasteiger partial charge in [0.1, 0.15) is 5.75 Å². The molecule has 1 saturated heterocycles. The van der Waals surface area contributed by atoms with Crippen molar-refractivity contribution in [3.05, 3.63) is 101 Å². The van der Waals surface area contributed by atoms with Gasteiger partial charge < -0.3 is 20.1 Å². The molecule has 3 aromatic carbocycles. The van der Waals surface area contributed by atoms with E-state index in [1.165, 1.54) is 11.1 Å². The quantitative estimate of drug-likeness (QED) is 0.366. The van der Waals surface area contributed by atoms with E-state index in [-0.39, 0.29) is 11.9 Å². The van der Waals surface area contributed by atoms with E-state index in [2.05, 4.69) is 30.4 Å². The Morgan fingerprint density at radius 2 is 1.75 bits per heavy atom. The van der Waals surface area contributed by atoms with Crippen LogP contribution in [0.4, 0.5) is 0 Å². The molecule has 36 heavy (non-hydrogen) atoms. The summed E-state index contributed by atoms with van der Waals surface area (Å²) in [5, 5.41) is 14.3. The van der Waals surface area contributed by atoms with E-state index in [1.54, 1.807) is 4.90 Å². The molecular weight excluding hydrogens is 448 g/mol. The van der Waals surface area contributed by atoms with Crippen LogP contribution in [0, 0.1) is 0 Å². The van der Waals surface area contributed by atoms with Gasteiger partial charge in [-0.3, -0.25) is 4.79 Å². The molecule has 1 heterocycles. The molecule has 3 aromatic rings. The maximum Gasteiger partial charge on any atom is 0.253 e. The molecule has 2 N–H and O–H groups in total. The third-order valence-corrected chi connectivity index (χ3v) is 7.08. The molecule has 0 aromatic heterocycles. The van der Waals surface area contributed by atoms with Crippen molar-refractivity contribution in [2.75, 3.05) is 20.2 Å². The van der Waals surface area contributed by atoms with Gasteiger partial charge in [0.25, 0.3) is 5.91 Å². The van der Waals surface area contributed by atoms with Crippen LogP contribution in [0.1, 0.15) is 59.3 Å². The Bertz CT molecular complexity index is 1100. The molecule has 4 rings (SSSR count). The lowest BCUT2D eigenvalue weighted by Crippen LogP contribution is -2.35. The van der Waals surface area contributed by atoms with Crippen molar-refractivity contribution in [2.24, 2.45) is 0 Å². The van der Waals surface area contributed by atoms with Crippen LogP contribution in [0.2, 0.25) is 0 Å². The lowest BCUT2D eigenvalue weighted by Gasteiger charge is -2.20. The Kier molecular flexibility index (Phi) is 9.15. The number of carbonyl (C=O) groups excluding carboxylic acids is 1. The zero-order valence-corrected chi connectivity index (χ0v) is 21.4. The molecule has 5 heteroatoms. The number of hydrogen-bond acceptors (Lipinski definition) is 4. The summed E-state index contributed by atoms with van der Waals surface area (Å²) >= 11 is 0. The molecule has 1 fully saturated rings. The Morgan fingerprint density at radius 3 is 2.50 bits per heavy atom. The summed E-state index contributed by atoms with van der Waals surface area (Å²) in [5.41, 5.74) is 4.07. The fraction of sp³-hybridized carbons (Fsp3) is 0.387. The third kappa shape index (κ3) is 6.74. The van der Waals surface area contributed by atoms with Crippen molar-refractivity contribution in [1.82, 2.24) is 10.2 Å². The van der Waals surface area contributed by atoms with Crippen molar-refractivity contribution in [3.8, 4) is 5.75 Å². The van der Waals surface area contributed by atoms with Crippen molar-refractivity contribution < 1.29 is 14.6 Å². The SMILES string of the molecule is CCc1ccccc1OCCCN(C)C(=O)c1ccc(C[C@@H]2CC[C@H]([C@H](O)c3ccccc3)N2)cc1. The smallest absolute Gasteiger partial charge is 0.253 e. The second-order valence-corrected chi connectivity index (χ2v) is 9.69. The van der Waals surface area contributed by atoms with Crippen LogP contribution < -0.4 is 10.1 Å². The topological polar surface area (TPSA) is 61.8 Å². The van der Waals surface area contributed by atoms with Gasteiger partial charge in [0.15, 0.2) is 0 Å². The zero-order chi connectivity index (χ0) is 25.3. The zero-order valence-electron chi connectivity index (χ0n) is 21.4. The predicted octanol–water partition coefficient (Wildman–Crippen LogP) is 5.19. The summed E-state index contributed by atoms with van der Waals surface area (Å²) in [6, 6.07) is 26.3. The lowest BCUT2D eigenvalue weighted by atomic mass is 10.0. The first kappa shape index (κ1) is 25.9. The molecule has 0 spiro atoms. The minimum atomic E-state index is -0.487. The highest BCUT2D eigenvalue weighted by atomic mass is 16.5. The lowest BCUT2D eigenvalue weighted by molar-refractivity contribution is 0.0787. The van der Waals surface area contributed by atoms with Gasteiger partial charge in [0, 0.05) is 31.2 Å². The number of carbonyl (C=O) groups is 1. The summed E-state index contributed by atoms with van der Waals surface area (Å²) in [6.45, 7) is 3.35. The number of ether oxygens (including phenoxy) is 1. The van der Waals surface area contributed by atoms with Gasteiger partial charge in [-0.1, -0.05) is 67.6 Å². The minimum absolute atomic E-state index is 0.0283. The number of nitrogens with zero attached hydrogens (tertiary/aromatic N) is 1. The van der Waals surface area contributed by atoms with Crippen molar-refractivity contribution in [3.63, 3.8) is 0 Å². The fourth-order valence-corrected chi connectivity index (χ4v) is 4.95. The van der Waals surface area contributed by atoms with E-state index >= 15 is 0 Å². The van der Waals surface area contributed by atoms with E-state index in [0.717, 1.165) is 43.4 Å². The number of para-hydroxylation sites is 1. The van der Waals surface area contributed by atoms with E-state index in [1.807, 2.05) is 67.7 Å². The fourth-order valence-electron chi connectivity index (χ4n) is 4.95. The molecule has 3 atom stereocenters. The first-order valence-corrected chi connectivity index (χ1v) is 13.1. The highest BCUT2D eigenvalue weighted by molar-refractivity contribution is 5.94. The molecule has 0 unspecified atom stereocenters. The molecule has 0 aliphatic carbocycles. The number of hydrogen-bond donors (Lipinski definition) is 2. The van der Waals surface area contributed by atoms with E-state index in [0.29, 0.717) is 24.8 Å². The second-order valence-electron chi connectivity index (χ2n) is 9.69. The molecule has 1 aliphatic rings. The van der Waals surface area contributed by atoms with Crippen molar-refractivity contribution >= 4 is 5.91 Å². The second kappa shape index (κ2) is 12.7. The standard InChI is InChI=1S/C31H38N2O3/c1-3-24-10-7-8-13-29(24)36-21-9-20-33(2)31(35)26-16-14-23(15-17-26)22-27-18-19-28(32-27)30(34)25-11-5-4-6-12-25/h4-8,10-17,27-28,30,32,34H,3,9,18-22H2,1-2H3/t27-,28+,30+/m0/s1. The summed E-state index contributed by atoms with van der Waals surface area (Å²) in [6.07, 6.45) is 4.11. The van der Waals surface area contributed by atoms with Gasteiger partial charge in [-0.05, 0) is 67.0 Å². The van der Waals surface area contributed by atoms with Crippen LogP contribution in [0.5, 0.6) is 5.75 Å².